The molecule has 32 heavy (non-hydrogen) atoms. The second-order valence-electron chi connectivity index (χ2n) is 8.81. The van der Waals surface area contributed by atoms with Crippen LogP contribution < -0.4 is 10.1 Å². The molecule has 5 heteroatoms. The van der Waals surface area contributed by atoms with Gasteiger partial charge in [-0.2, -0.15) is 0 Å². The van der Waals surface area contributed by atoms with Crippen molar-refractivity contribution in [3.05, 3.63) is 90.1 Å². The number of carbonyl (C=O) groups excluding carboxylic acids is 1. The molecule has 0 atom stereocenters. The standard InChI is InChI=1S/C27H27N3O2/c1-19-15-16-30-23(17-19)28-25(26(30)29-27(2,3)4)21-11-8-12-22(18-21)32-24(31)14-13-20-9-6-5-7-10-20/h5-18,29H,1-4H3/b14-13+. The van der Waals surface area contributed by atoms with E-state index < -0.39 is 5.97 Å². The predicted octanol–water partition coefficient (Wildman–Crippen LogP) is 6.14. The fourth-order valence-electron chi connectivity index (χ4n) is 3.41. The van der Waals surface area contributed by atoms with E-state index in [4.69, 9.17) is 9.72 Å². The lowest BCUT2D eigenvalue weighted by atomic mass is 10.1. The summed E-state index contributed by atoms with van der Waals surface area (Å²) in [6, 6.07) is 21.2. The molecule has 0 bridgehead atoms. The predicted molar refractivity (Wildman–Crippen MR) is 130 cm³/mol. The Morgan fingerprint density at radius 2 is 1.81 bits per heavy atom. The van der Waals surface area contributed by atoms with Crippen LogP contribution in [0.15, 0.2) is 79.0 Å². The first-order valence-electron chi connectivity index (χ1n) is 10.6. The van der Waals surface area contributed by atoms with Gasteiger partial charge >= 0.3 is 5.97 Å². The Kier molecular flexibility index (Phi) is 5.82. The Bertz CT molecular complexity index is 1280. The lowest BCUT2D eigenvalue weighted by molar-refractivity contribution is -0.128. The fraction of sp³-hybridized carbons (Fsp3) is 0.185. The van der Waals surface area contributed by atoms with E-state index in [9.17, 15) is 4.79 Å². The third-order valence-electron chi connectivity index (χ3n) is 4.81. The highest BCUT2D eigenvalue weighted by Crippen LogP contribution is 2.32. The summed E-state index contributed by atoms with van der Waals surface area (Å²) in [5.41, 5.74) is 4.47. The molecular formula is C27H27N3O2. The molecule has 0 aliphatic heterocycles. The highest BCUT2D eigenvalue weighted by atomic mass is 16.5. The topological polar surface area (TPSA) is 55.6 Å². The van der Waals surface area contributed by atoms with E-state index in [1.54, 1.807) is 12.1 Å². The zero-order valence-corrected chi connectivity index (χ0v) is 18.8. The van der Waals surface area contributed by atoms with Gasteiger partial charge in [0.05, 0.1) is 0 Å². The summed E-state index contributed by atoms with van der Waals surface area (Å²) in [5, 5.41) is 3.57. The maximum Gasteiger partial charge on any atom is 0.336 e. The number of fused-ring (bicyclic) bond motifs is 1. The molecule has 2 aromatic heterocycles. The molecule has 0 aliphatic carbocycles. The number of nitrogens with zero attached hydrogens (tertiary/aromatic N) is 2. The van der Waals surface area contributed by atoms with Crippen molar-refractivity contribution in [3.8, 4) is 17.0 Å². The number of rotatable bonds is 5. The van der Waals surface area contributed by atoms with Crippen molar-refractivity contribution in [2.24, 2.45) is 0 Å². The van der Waals surface area contributed by atoms with Crippen LogP contribution in [0.4, 0.5) is 5.82 Å². The van der Waals surface area contributed by atoms with Crippen molar-refractivity contribution < 1.29 is 9.53 Å². The lowest BCUT2D eigenvalue weighted by Gasteiger charge is -2.22. The summed E-state index contributed by atoms with van der Waals surface area (Å²) < 4.78 is 7.60. The quantitative estimate of drug-likeness (QED) is 0.237. The first-order chi connectivity index (χ1) is 15.3. The van der Waals surface area contributed by atoms with Crippen molar-refractivity contribution in [3.63, 3.8) is 0 Å². The molecule has 0 aliphatic rings. The molecular weight excluding hydrogens is 398 g/mol. The number of imidazole rings is 1. The average molecular weight is 426 g/mol. The average Bonchev–Trinajstić information content (AvgIpc) is 3.09. The molecule has 0 saturated carbocycles. The van der Waals surface area contributed by atoms with Crippen LogP contribution in [0.3, 0.4) is 0 Å². The van der Waals surface area contributed by atoms with E-state index in [-0.39, 0.29) is 5.54 Å². The van der Waals surface area contributed by atoms with Crippen molar-refractivity contribution >= 4 is 23.5 Å². The number of benzene rings is 2. The maximum absolute atomic E-state index is 12.3. The van der Waals surface area contributed by atoms with Crippen LogP contribution >= 0.6 is 0 Å². The van der Waals surface area contributed by atoms with Gasteiger partial charge < -0.3 is 10.1 Å². The number of hydrogen-bond acceptors (Lipinski definition) is 4. The number of nitrogens with one attached hydrogen (secondary N) is 1. The van der Waals surface area contributed by atoms with Gasteiger partial charge in [0.15, 0.2) is 0 Å². The molecule has 0 unspecified atom stereocenters. The van der Waals surface area contributed by atoms with E-state index in [2.05, 4.69) is 42.6 Å². The van der Waals surface area contributed by atoms with Gasteiger partial charge in [-0.05, 0) is 69.2 Å². The molecule has 4 aromatic rings. The largest absolute Gasteiger partial charge is 0.423 e. The van der Waals surface area contributed by atoms with Gasteiger partial charge in [-0.1, -0.05) is 42.5 Å². The molecule has 0 radical (unpaired) electrons. The minimum Gasteiger partial charge on any atom is -0.423 e. The lowest BCUT2D eigenvalue weighted by Crippen LogP contribution is -2.27. The smallest absolute Gasteiger partial charge is 0.336 e. The van der Waals surface area contributed by atoms with Gasteiger partial charge in [-0.3, -0.25) is 4.40 Å². The summed E-state index contributed by atoms with van der Waals surface area (Å²) in [4.78, 5) is 17.2. The number of anilines is 1. The highest BCUT2D eigenvalue weighted by molar-refractivity contribution is 5.89. The van der Waals surface area contributed by atoms with Crippen LogP contribution in [0.25, 0.3) is 23.0 Å². The van der Waals surface area contributed by atoms with Crippen molar-refractivity contribution in [1.82, 2.24) is 9.38 Å². The van der Waals surface area contributed by atoms with Gasteiger partial charge in [-0.15, -0.1) is 0 Å². The van der Waals surface area contributed by atoms with E-state index in [0.29, 0.717) is 5.75 Å². The minimum absolute atomic E-state index is 0.151. The van der Waals surface area contributed by atoms with Gasteiger partial charge in [0.25, 0.3) is 0 Å². The highest BCUT2D eigenvalue weighted by Gasteiger charge is 2.19. The second-order valence-corrected chi connectivity index (χ2v) is 8.81. The number of esters is 1. The van der Waals surface area contributed by atoms with Crippen LogP contribution in [0.2, 0.25) is 0 Å². The van der Waals surface area contributed by atoms with E-state index >= 15 is 0 Å². The molecule has 0 amide bonds. The molecule has 0 saturated heterocycles. The van der Waals surface area contributed by atoms with Gasteiger partial charge in [-0.25, -0.2) is 9.78 Å². The number of pyridine rings is 1. The van der Waals surface area contributed by atoms with Crippen LogP contribution in [0.5, 0.6) is 5.75 Å². The molecule has 2 heterocycles. The Hall–Kier alpha value is -3.86. The number of ether oxygens (including phenoxy) is 1. The normalized spacial score (nSPS) is 11.8. The Balaban J connectivity index is 1.65. The molecule has 0 fully saturated rings. The zero-order valence-electron chi connectivity index (χ0n) is 18.8. The Morgan fingerprint density at radius 3 is 2.56 bits per heavy atom. The van der Waals surface area contributed by atoms with Crippen molar-refractivity contribution in [2.75, 3.05) is 5.32 Å². The molecule has 1 N–H and O–H groups in total. The third-order valence-corrected chi connectivity index (χ3v) is 4.81. The van der Waals surface area contributed by atoms with E-state index in [0.717, 1.165) is 33.8 Å². The maximum atomic E-state index is 12.3. The summed E-state index contributed by atoms with van der Waals surface area (Å²) in [7, 11) is 0. The van der Waals surface area contributed by atoms with Gasteiger partial charge in [0.2, 0.25) is 0 Å². The molecule has 5 nitrogen and oxygen atoms in total. The summed E-state index contributed by atoms with van der Waals surface area (Å²) in [5.74, 6) is 0.949. The number of aromatic nitrogens is 2. The van der Waals surface area contributed by atoms with Gasteiger partial charge in [0, 0.05) is 23.4 Å². The molecule has 162 valence electrons. The van der Waals surface area contributed by atoms with Crippen LogP contribution in [0, 0.1) is 6.92 Å². The van der Waals surface area contributed by atoms with E-state index in [1.807, 2.05) is 61.7 Å². The minimum atomic E-state index is -0.426. The van der Waals surface area contributed by atoms with Crippen molar-refractivity contribution in [1.29, 1.82) is 0 Å². The van der Waals surface area contributed by atoms with Crippen LogP contribution in [0.1, 0.15) is 31.9 Å². The van der Waals surface area contributed by atoms with Crippen molar-refractivity contribution in [2.45, 2.75) is 33.2 Å². The summed E-state index contributed by atoms with van der Waals surface area (Å²) >= 11 is 0. The second kappa shape index (κ2) is 8.71. The van der Waals surface area contributed by atoms with Crippen LogP contribution in [-0.2, 0) is 4.79 Å². The third kappa shape index (κ3) is 5.06. The number of aryl methyl sites for hydroxylation is 1. The Morgan fingerprint density at radius 1 is 1.03 bits per heavy atom. The monoisotopic (exact) mass is 425 g/mol. The zero-order chi connectivity index (χ0) is 22.7. The molecule has 0 spiro atoms. The first-order valence-corrected chi connectivity index (χ1v) is 10.6. The van der Waals surface area contributed by atoms with Crippen LogP contribution in [-0.4, -0.2) is 20.9 Å². The Labute approximate surface area is 188 Å². The van der Waals surface area contributed by atoms with E-state index in [1.165, 1.54) is 6.08 Å². The first kappa shape index (κ1) is 21.4. The summed E-state index contributed by atoms with van der Waals surface area (Å²) in [6.45, 7) is 8.39. The van der Waals surface area contributed by atoms with Gasteiger partial charge in [0.1, 0.15) is 22.9 Å². The fourth-order valence-corrected chi connectivity index (χ4v) is 3.41. The SMILES string of the molecule is Cc1ccn2c(NC(C)(C)C)c(-c3cccc(OC(=O)/C=C/c4ccccc4)c3)nc2c1. The molecule has 4 rings (SSSR count). The number of hydrogen-bond donors (Lipinski definition) is 1. The number of carbonyl (C=O) groups is 1. The summed E-state index contributed by atoms with van der Waals surface area (Å²) in [6.07, 6.45) is 5.19. The molecule has 2 aromatic carbocycles.